The highest BCUT2D eigenvalue weighted by Crippen LogP contribution is 2.16. The molecule has 0 amide bonds. The predicted octanol–water partition coefficient (Wildman–Crippen LogP) is 3.33. The van der Waals surface area contributed by atoms with E-state index in [1.807, 2.05) is 7.05 Å². The summed E-state index contributed by atoms with van der Waals surface area (Å²) in [6, 6.07) is 11.3. The summed E-state index contributed by atoms with van der Waals surface area (Å²) in [5.41, 5.74) is 1.41. The average molecular weight is 400 g/mol. The summed E-state index contributed by atoms with van der Waals surface area (Å²) in [5, 5.41) is 7.16. The van der Waals surface area contributed by atoms with Crippen LogP contribution in [0.15, 0.2) is 35.3 Å². The molecule has 1 aromatic carbocycles. The van der Waals surface area contributed by atoms with Gasteiger partial charge in [0, 0.05) is 39.3 Å². The number of unbranched alkanes of at least 4 members (excludes halogenated alkanes) is 1. The van der Waals surface area contributed by atoms with Crippen LogP contribution in [-0.4, -0.2) is 68.1 Å². The van der Waals surface area contributed by atoms with Crippen LogP contribution in [0.4, 0.5) is 0 Å². The van der Waals surface area contributed by atoms with Crippen LogP contribution in [0.1, 0.15) is 51.0 Å². The number of hydrogen-bond donors (Lipinski definition) is 2. The molecular formula is C24H41N5. The molecule has 2 aliphatic rings. The van der Waals surface area contributed by atoms with Gasteiger partial charge in [-0.3, -0.25) is 9.89 Å². The maximum Gasteiger partial charge on any atom is 0.191 e. The van der Waals surface area contributed by atoms with E-state index in [4.69, 9.17) is 0 Å². The molecule has 0 radical (unpaired) electrons. The quantitative estimate of drug-likeness (QED) is 0.400. The molecule has 5 heteroatoms. The van der Waals surface area contributed by atoms with Gasteiger partial charge in [-0.05, 0) is 69.6 Å². The molecule has 29 heavy (non-hydrogen) atoms. The Labute approximate surface area is 178 Å². The molecule has 0 aliphatic carbocycles. The van der Waals surface area contributed by atoms with Gasteiger partial charge in [0.15, 0.2) is 5.96 Å². The second kappa shape index (κ2) is 12.2. The summed E-state index contributed by atoms with van der Waals surface area (Å²) in [7, 11) is 1.88. The molecule has 0 aromatic heterocycles. The minimum absolute atomic E-state index is 0.531. The van der Waals surface area contributed by atoms with E-state index in [0.717, 1.165) is 38.1 Å². The molecule has 2 N–H and O–H groups in total. The Hall–Kier alpha value is -1.59. The fraction of sp³-hybridized carbons (Fsp3) is 0.708. The largest absolute Gasteiger partial charge is 0.356 e. The maximum atomic E-state index is 4.44. The van der Waals surface area contributed by atoms with Crippen LogP contribution in [-0.2, 0) is 6.54 Å². The van der Waals surface area contributed by atoms with Crippen molar-refractivity contribution in [2.45, 2.75) is 58.0 Å². The van der Waals surface area contributed by atoms with E-state index in [-0.39, 0.29) is 0 Å². The van der Waals surface area contributed by atoms with Gasteiger partial charge in [-0.2, -0.15) is 0 Å². The Morgan fingerprint density at radius 1 is 0.966 bits per heavy atom. The third-order valence-corrected chi connectivity index (χ3v) is 6.47. The highest BCUT2D eigenvalue weighted by Gasteiger charge is 2.20. The zero-order chi connectivity index (χ0) is 20.3. The summed E-state index contributed by atoms with van der Waals surface area (Å²) in [6.45, 7) is 10.6. The standard InChI is InChI=1S/C24H41N5/c1-21-10-16-28(17-11-21)15-7-6-14-26-24(25-2)27-23-12-18-29(19-13-23)20-22-8-4-3-5-9-22/h3-5,8-9,21,23H,6-7,10-20H2,1-2H3,(H2,25,26,27). The van der Waals surface area contributed by atoms with Crippen molar-refractivity contribution in [1.82, 2.24) is 20.4 Å². The first kappa shape index (κ1) is 22.1. The molecule has 3 rings (SSSR count). The van der Waals surface area contributed by atoms with E-state index in [0.29, 0.717) is 6.04 Å². The minimum atomic E-state index is 0.531. The molecule has 5 nitrogen and oxygen atoms in total. The first-order chi connectivity index (χ1) is 14.2. The van der Waals surface area contributed by atoms with Crippen LogP contribution in [0.5, 0.6) is 0 Å². The molecule has 1 aromatic rings. The Kier molecular flexibility index (Phi) is 9.29. The number of rotatable bonds is 8. The Bertz CT molecular complexity index is 587. The lowest BCUT2D eigenvalue weighted by molar-refractivity contribution is 0.189. The number of nitrogens with one attached hydrogen (secondary N) is 2. The molecule has 162 valence electrons. The molecule has 2 heterocycles. The fourth-order valence-electron chi connectivity index (χ4n) is 4.42. The molecule has 2 fully saturated rings. The number of guanidine groups is 1. The predicted molar refractivity (Wildman–Crippen MR) is 123 cm³/mol. The molecule has 0 saturated carbocycles. The van der Waals surface area contributed by atoms with Crippen molar-refractivity contribution in [1.29, 1.82) is 0 Å². The number of benzene rings is 1. The first-order valence-electron chi connectivity index (χ1n) is 11.7. The lowest BCUT2D eigenvalue weighted by Crippen LogP contribution is -2.48. The van der Waals surface area contributed by atoms with Gasteiger partial charge in [0.25, 0.3) is 0 Å². The van der Waals surface area contributed by atoms with E-state index >= 15 is 0 Å². The Balaban J connectivity index is 1.26. The highest BCUT2D eigenvalue weighted by atomic mass is 15.2. The van der Waals surface area contributed by atoms with Gasteiger partial charge in [0.2, 0.25) is 0 Å². The molecule has 2 aliphatic heterocycles. The normalized spacial score (nSPS) is 20.7. The van der Waals surface area contributed by atoms with E-state index in [9.17, 15) is 0 Å². The SMILES string of the molecule is CN=C(NCCCCN1CCC(C)CC1)NC1CCN(Cc2ccccc2)CC1. The van der Waals surface area contributed by atoms with Crippen LogP contribution >= 0.6 is 0 Å². The summed E-state index contributed by atoms with van der Waals surface area (Å²) in [6.07, 6.45) is 7.60. The van der Waals surface area contributed by atoms with Crippen molar-refractivity contribution in [3.05, 3.63) is 35.9 Å². The van der Waals surface area contributed by atoms with Crippen molar-refractivity contribution < 1.29 is 0 Å². The van der Waals surface area contributed by atoms with Crippen LogP contribution in [0, 0.1) is 5.92 Å². The van der Waals surface area contributed by atoms with E-state index in [2.05, 4.69) is 62.7 Å². The Morgan fingerprint density at radius 3 is 2.34 bits per heavy atom. The molecule has 0 bridgehead atoms. The molecular weight excluding hydrogens is 358 g/mol. The van der Waals surface area contributed by atoms with Crippen LogP contribution < -0.4 is 10.6 Å². The third-order valence-electron chi connectivity index (χ3n) is 6.47. The number of likely N-dealkylation sites (tertiary alicyclic amines) is 2. The fourth-order valence-corrected chi connectivity index (χ4v) is 4.42. The van der Waals surface area contributed by atoms with Crippen molar-refractivity contribution in [3.8, 4) is 0 Å². The van der Waals surface area contributed by atoms with Gasteiger partial charge in [-0.1, -0.05) is 37.3 Å². The lowest BCUT2D eigenvalue weighted by Gasteiger charge is -2.33. The average Bonchev–Trinajstić information content (AvgIpc) is 2.76. The Morgan fingerprint density at radius 2 is 1.66 bits per heavy atom. The monoisotopic (exact) mass is 399 g/mol. The summed E-state index contributed by atoms with van der Waals surface area (Å²) in [5.74, 6) is 1.89. The number of nitrogens with zero attached hydrogens (tertiary/aromatic N) is 3. The topological polar surface area (TPSA) is 42.9 Å². The van der Waals surface area contributed by atoms with Gasteiger partial charge in [-0.15, -0.1) is 0 Å². The number of aliphatic imine (C=N–C) groups is 1. The lowest BCUT2D eigenvalue weighted by atomic mass is 9.99. The summed E-state index contributed by atoms with van der Waals surface area (Å²) < 4.78 is 0. The van der Waals surface area contributed by atoms with Crippen molar-refractivity contribution in [2.24, 2.45) is 10.9 Å². The van der Waals surface area contributed by atoms with Crippen molar-refractivity contribution >= 4 is 5.96 Å². The van der Waals surface area contributed by atoms with Gasteiger partial charge < -0.3 is 15.5 Å². The third kappa shape index (κ3) is 7.98. The van der Waals surface area contributed by atoms with Gasteiger partial charge in [-0.25, -0.2) is 0 Å². The van der Waals surface area contributed by atoms with Gasteiger partial charge in [0.1, 0.15) is 0 Å². The highest BCUT2D eigenvalue weighted by molar-refractivity contribution is 5.79. The van der Waals surface area contributed by atoms with E-state index < -0.39 is 0 Å². The van der Waals surface area contributed by atoms with Crippen LogP contribution in [0.2, 0.25) is 0 Å². The van der Waals surface area contributed by atoms with E-state index in [1.54, 1.807) is 0 Å². The second-order valence-corrected chi connectivity index (χ2v) is 8.91. The summed E-state index contributed by atoms with van der Waals surface area (Å²) in [4.78, 5) is 9.63. The van der Waals surface area contributed by atoms with Crippen molar-refractivity contribution in [2.75, 3.05) is 46.3 Å². The van der Waals surface area contributed by atoms with Gasteiger partial charge >= 0.3 is 0 Å². The number of piperidine rings is 2. The smallest absolute Gasteiger partial charge is 0.191 e. The number of hydrogen-bond acceptors (Lipinski definition) is 3. The zero-order valence-corrected chi connectivity index (χ0v) is 18.6. The molecule has 0 spiro atoms. The van der Waals surface area contributed by atoms with Crippen molar-refractivity contribution in [3.63, 3.8) is 0 Å². The zero-order valence-electron chi connectivity index (χ0n) is 18.6. The second-order valence-electron chi connectivity index (χ2n) is 8.91. The van der Waals surface area contributed by atoms with Gasteiger partial charge in [0.05, 0.1) is 0 Å². The maximum absolute atomic E-state index is 4.44. The summed E-state index contributed by atoms with van der Waals surface area (Å²) >= 11 is 0. The molecule has 0 atom stereocenters. The van der Waals surface area contributed by atoms with Crippen LogP contribution in [0.25, 0.3) is 0 Å². The molecule has 0 unspecified atom stereocenters. The molecule has 2 saturated heterocycles. The minimum Gasteiger partial charge on any atom is -0.356 e. The van der Waals surface area contributed by atoms with Crippen LogP contribution in [0.3, 0.4) is 0 Å². The van der Waals surface area contributed by atoms with E-state index in [1.165, 1.54) is 63.7 Å². The first-order valence-corrected chi connectivity index (χ1v) is 11.7.